The van der Waals surface area contributed by atoms with Gasteiger partial charge in [-0.1, -0.05) is 0 Å². The molecule has 0 aliphatic rings. The average Bonchev–Trinajstić information content (AvgIpc) is 1.99. The van der Waals surface area contributed by atoms with Crippen LogP contribution < -0.4 is 16.2 Å². The minimum atomic E-state index is -4.76. The van der Waals surface area contributed by atoms with Gasteiger partial charge in [-0.15, -0.1) is 13.2 Å². The van der Waals surface area contributed by atoms with Crippen LogP contribution in [0.25, 0.3) is 0 Å². The monoisotopic (exact) mass is 221 g/mol. The van der Waals surface area contributed by atoms with Crippen molar-refractivity contribution in [3.63, 3.8) is 0 Å². The van der Waals surface area contributed by atoms with Crippen molar-refractivity contribution in [1.82, 2.24) is 4.98 Å². The van der Waals surface area contributed by atoms with Crippen LogP contribution in [0.1, 0.15) is 11.3 Å². The number of hydrogen-bond acceptors (Lipinski definition) is 4. The van der Waals surface area contributed by atoms with E-state index >= 15 is 0 Å². The predicted molar refractivity (Wildman–Crippen MR) is 48.0 cm³/mol. The molecule has 0 aromatic carbocycles. The van der Waals surface area contributed by atoms with Gasteiger partial charge < -0.3 is 16.2 Å². The van der Waals surface area contributed by atoms with E-state index in [-0.39, 0.29) is 17.9 Å². The van der Waals surface area contributed by atoms with Crippen molar-refractivity contribution in [2.75, 3.05) is 5.73 Å². The molecule has 0 radical (unpaired) electrons. The van der Waals surface area contributed by atoms with Crippen LogP contribution in [0.3, 0.4) is 0 Å². The Hall–Kier alpha value is -1.50. The molecule has 0 bridgehead atoms. The lowest BCUT2D eigenvalue weighted by atomic mass is 10.2. The molecule has 0 spiro atoms. The quantitative estimate of drug-likeness (QED) is 0.790. The molecule has 0 aliphatic carbocycles. The molecule has 7 heteroatoms. The summed E-state index contributed by atoms with van der Waals surface area (Å²) in [6.07, 6.45) is -4.76. The first kappa shape index (κ1) is 11.6. The lowest BCUT2D eigenvalue weighted by Crippen LogP contribution is -2.19. The summed E-state index contributed by atoms with van der Waals surface area (Å²) in [7, 11) is 0. The van der Waals surface area contributed by atoms with Crippen LogP contribution in [-0.4, -0.2) is 11.3 Å². The number of aromatic nitrogens is 1. The molecule has 0 saturated carbocycles. The topological polar surface area (TPSA) is 74.2 Å². The Bertz CT molecular complexity index is 365. The van der Waals surface area contributed by atoms with Crippen molar-refractivity contribution >= 4 is 5.82 Å². The molecule has 0 aliphatic heterocycles. The second-order valence-electron chi connectivity index (χ2n) is 2.86. The van der Waals surface area contributed by atoms with Gasteiger partial charge in [-0.3, -0.25) is 0 Å². The Kier molecular flexibility index (Phi) is 3.04. The van der Waals surface area contributed by atoms with E-state index in [4.69, 9.17) is 11.5 Å². The first-order valence-corrected chi connectivity index (χ1v) is 4.05. The third-order valence-corrected chi connectivity index (χ3v) is 1.74. The van der Waals surface area contributed by atoms with Gasteiger partial charge in [-0.25, -0.2) is 4.98 Å². The smallest absolute Gasteiger partial charge is 0.405 e. The number of pyridine rings is 1. The average molecular weight is 221 g/mol. The first-order chi connectivity index (χ1) is 6.83. The van der Waals surface area contributed by atoms with Gasteiger partial charge in [0.2, 0.25) is 0 Å². The molecule has 0 unspecified atom stereocenters. The van der Waals surface area contributed by atoms with Crippen molar-refractivity contribution < 1.29 is 17.9 Å². The van der Waals surface area contributed by atoms with Crippen LogP contribution >= 0.6 is 0 Å². The summed E-state index contributed by atoms with van der Waals surface area (Å²) in [4.78, 5) is 3.79. The number of aryl methyl sites for hydroxylation is 1. The summed E-state index contributed by atoms with van der Waals surface area (Å²) >= 11 is 0. The third kappa shape index (κ3) is 2.98. The summed E-state index contributed by atoms with van der Waals surface area (Å²) < 4.78 is 39.8. The molecule has 0 fully saturated rings. The van der Waals surface area contributed by atoms with E-state index in [1.165, 1.54) is 6.92 Å². The van der Waals surface area contributed by atoms with Crippen LogP contribution in [0.4, 0.5) is 19.0 Å². The maximum absolute atomic E-state index is 12.0. The van der Waals surface area contributed by atoms with Crippen LogP contribution in [0, 0.1) is 6.92 Å². The molecule has 4 N–H and O–H groups in total. The van der Waals surface area contributed by atoms with Gasteiger partial charge in [0, 0.05) is 23.9 Å². The number of nitrogens with zero attached hydrogens (tertiary/aromatic N) is 1. The highest BCUT2D eigenvalue weighted by Gasteiger charge is 2.32. The molecule has 1 aromatic heterocycles. The lowest BCUT2D eigenvalue weighted by molar-refractivity contribution is -0.274. The Morgan fingerprint density at radius 2 is 2.07 bits per heavy atom. The molecule has 1 aromatic rings. The Labute approximate surface area is 84.0 Å². The van der Waals surface area contributed by atoms with E-state index in [2.05, 4.69) is 9.72 Å². The van der Waals surface area contributed by atoms with E-state index in [0.717, 1.165) is 6.07 Å². The highest BCUT2D eigenvalue weighted by Crippen LogP contribution is 2.28. The lowest BCUT2D eigenvalue weighted by Gasteiger charge is -2.14. The van der Waals surface area contributed by atoms with Gasteiger partial charge in [0.25, 0.3) is 0 Å². The zero-order valence-corrected chi connectivity index (χ0v) is 7.93. The van der Waals surface area contributed by atoms with Gasteiger partial charge in [-0.2, -0.15) is 0 Å². The van der Waals surface area contributed by atoms with Crippen molar-refractivity contribution in [3.05, 3.63) is 17.3 Å². The molecule has 0 atom stereocenters. The van der Waals surface area contributed by atoms with Gasteiger partial charge in [-0.05, 0) is 6.92 Å². The second-order valence-corrected chi connectivity index (χ2v) is 2.86. The molecule has 0 saturated heterocycles. The van der Waals surface area contributed by atoms with Crippen LogP contribution in [0.2, 0.25) is 0 Å². The molecule has 1 heterocycles. The van der Waals surface area contributed by atoms with E-state index in [0.29, 0.717) is 5.69 Å². The van der Waals surface area contributed by atoms with Crippen molar-refractivity contribution in [3.8, 4) is 5.75 Å². The zero-order chi connectivity index (χ0) is 11.6. The summed E-state index contributed by atoms with van der Waals surface area (Å²) in [6.45, 7) is 1.42. The molecule has 15 heavy (non-hydrogen) atoms. The normalized spacial score (nSPS) is 11.5. The first-order valence-electron chi connectivity index (χ1n) is 4.05. The summed E-state index contributed by atoms with van der Waals surface area (Å²) in [5.74, 6) is -0.432. The SMILES string of the molecule is Cc1nc(N)cc(OC(F)(F)F)c1CN. The highest BCUT2D eigenvalue weighted by atomic mass is 19.4. The van der Waals surface area contributed by atoms with E-state index in [1.54, 1.807) is 0 Å². The van der Waals surface area contributed by atoms with Gasteiger partial charge >= 0.3 is 6.36 Å². The largest absolute Gasteiger partial charge is 0.573 e. The Morgan fingerprint density at radius 1 is 1.47 bits per heavy atom. The van der Waals surface area contributed by atoms with Gasteiger partial charge in [0.15, 0.2) is 0 Å². The summed E-state index contributed by atoms with van der Waals surface area (Å²) in [6, 6.07) is 1.00. The number of rotatable bonds is 2. The number of alkyl halides is 3. The highest BCUT2D eigenvalue weighted by molar-refractivity contribution is 5.45. The summed E-state index contributed by atoms with van der Waals surface area (Å²) in [5, 5.41) is 0. The summed E-state index contributed by atoms with van der Waals surface area (Å²) in [5.41, 5.74) is 11.1. The Morgan fingerprint density at radius 3 is 2.53 bits per heavy atom. The molecular weight excluding hydrogens is 211 g/mol. The number of halogens is 3. The fourth-order valence-corrected chi connectivity index (χ4v) is 1.16. The van der Waals surface area contributed by atoms with E-state index in [9.17, 15) is 13.2 Å². The second kappa shape index (κ2) is 3.93. The fourth-order valence-electron chi connectivity index (χ4n) is 1.16. The number of nitrogens with two attached hydrogens (primary N) is 2. The van der Waals surface area contributed by atoms with Crippen molar-refractivity contribution in [2.45, 2.75) is 19.8 Å². The molecule has 4 nitrogen and oxygen atoms in total. The molecule has 0 amide bonds. The van der Waals surface area contributed by atoms with Crippen LogP contribution in [-0.2, 0) is 6.54 Å². The van der Waals surface area contributed by atoms with Gasteiger partial charge in [0.1, 0.15) is 11.6 Å². The maximum atomic E-state index is 12.0. The minimum Gasteiger partial charge on any atom is -0.405 e. The minimum absolute atomic E-state index is 0.0380. The van der Waals surface area contributed by atoms with E-state index in [1.807, 2.05) is 0 Å². The predicted octanol–water partition coefficient (Wildman–Crippen LogP) is 1.33. The zero-order valence-electron chi connectivity index (χ0n) is 7.93. The molecule has 1 rings (SSSR count). The third-order valence-electron chi connectivity index (χ3n) is 1.74. The van der Waals surface area contributed by atoms with E-state index < -0.39 is 12.1 Å². The number of nitrogen functional groups attached to an aromatic ring is 1. The maximum Gasteiger partial charge on any atom is 0.573 e. The van der Waals surface area contributed by atoms with Crippen molar-refractivity contribution in [2.24, 2.45) is 5.73 Å². The standard InChI is InChI=1S/C8H10F3N3O/c1-4-5(3-12)6(2-7(13)14-4)15-8(9,10)11/h2H,3,12H2,1H3,(H2,13,14). The van der Waals surface area contributed by atoms with Crippen molar-refractivity contribution in [1.29, 1.82) is 0 Å². The molecular formula is C8H10F3N3O. The number of anilines is 1. The van der Waals surface area contributed by atoms with Crippen LogP contribution in [0.5, 0.6) is 5.75 Å². The number of ether oxygens (including phenoxy) is 1. The number of hydrogen-bond donors (Lipinski definition) is 2. The molecule has 84 valence electrons. The Balaban J connectivity index is 3.15. The van der Waals surface area contributed by atoms with Crippen LogP contribution in [0.15, 0.2) is 6.07 Å². The fraction of sp³-hybridized carbons (Fsp3) is 0.375. The van der Waals surface area contributed by atoms with Gasteiger partial charge in [0.05, 0.1) is 0 Å².